The third-order valence-electron chi connectivity index (χ3n) is 5.34. The van der Waals surface area contributed by atoms with Crippen molar-refractivity contribution >= 4 is 46.8 Å². The largest absolute Gasteiger partial charge is 0.492 e. The van der Waals surface area contributed by atoms with Gasteiger partial charge in [-0.25, -0.2) is 9.59 Å². The van der Waals surface area contributed by atoms with Gasteiger partial charge in [-0.15, -0.1) is 0 Å². The molecule has 0 saturated carbocycles. The van der Waals surface area contributed by atoms with Crippen molar-refractivity contribution in [3.63, 3.8) is 0 Å². The van der Waals surface area contributed by atoms with Crippen LogP contribution in [0.4, 0.5) is 11.4 Å². The Balaban J connectivity index is 1.67. The quantitative estimate of drug-likeness (QED) is 0.196. The Kier molecular flexibility index (Phi) is 9.35. The first-order valence-electron chi connectivity index (χ1n) is 11.4. The first-order chi connectivity index (χ1) is 18.6. The molecule has 3 amide bonds. The number of ketones is 1. The number of carbonyl (C=O) groups is 6. The van der Waals surface area contributed by atoms with Gasteiger partial charge in [-0.1, -0.05) is 0 Å². The Labute approximate surface area is 222 Å². The number of rotatable bonds is 11. The number of imide groups is 1. The molecule has 1 heterocycles. The van der Waals surface area contributed by atoms with Crippen LogP contribution in [-0.2, 0) is 28.7 Å². The van der Waals surface area contributed by atoms with Crippen LogP contribution in [0.15, 0.2) is 64.8 Å². The summed E-state index contributed by atoms with van der Waals surface area (Å²) in [5, 5.41) is 10.2. The van der Waals surface area contributed by atoms with Gasteiger partial charge in [-0.2, -0.15) is 10.2 Å². The second-order valence-electron chi connectivity index (χ2n) is 7.97. The van der Waals surface area contributed by atoms with E-state index in [1.54, 1.807) is 12.1 Å². The van der Waals surface area contributed by atoms with Crippen molar-refractivity contribution in [3.8, 4) is 5.75 Å². The minimum Gasteiger partial charge on any atom is -0.492 e. The Hall–Kier alpha value is -5.20. The third kappa shape index (κ3) is 7.19. The summed E-state index contributed by atoms with van der Waals surface area (Å²) in [5.41, 5.74) is 0.256. The van der Waals surface area contributed by atoms with Crippen molar-refractivity contribution in [3.05, 3.63) is 65.7 Å². The number of nitrogens with zero attached hydrogens (tertiary/aromatic N) is 3. The minimum absolute atomic E-state index is 0.0399. The predicted octanol–water partition coefficient (Wildman–Crippen LogP) is 2.24. The minimum atomic E-state index is -1.56. The average Bonchev–Trinajstić information content (AvgIpc) is 3.25. The zero-order chi connectivity index (χ0) is 28.5. The number of benzene rings is 2. The molecule has 2 aromatic rings. The van der Waals surface area contributed by atoms with Gasteiger partial charge in [-0.05, 0) is 49.4 Å². The first kappa shape index (κ1) is 28.4. The summed E-state index contributed by atoms with van der Waals surface area (Å²) in [6.07, 6.45) is 2.37. The van der Waals surface area contributed by atoms with Gasteiger partial charge in [0.25, 0.3) is 17.7 Å². The fraction of sp³-hybridized carbons (Fsp3) is 0.231. The molecule has 13 heteroatoms. The van der Waals surface area contributed by atoms with E-state index in [0.29, 0.717) is 11.4 Å². The molecule has 0 radical (unpaired) electrons. The summed E-state index contributed by atoms with van der Waals surface area (Å²) >= 11 is 0. The van der Waals surface area contributed by atoms with E-state index in [1.807, 2.05) is 0 Å². The number of esters is 2. The maximum Gasteiger partial charge on any atom is 0.340 e. The van der Waals surface area contributed by atoms with Gasteiger partial charge >= 0.3 is 11.9 Å². The van der Waals surface area contributed by atoms with Crippen LogP contribution >= 0.6 is 0 Å². The Morgan fingerprint density at radius 3 is 2.15 bits per heavy atom. The van der Waals surface area contributed by atoms with Crippen molar-refractivity contribution in [2.75, 3.05) is 32.7 Å². The molecule has 0 bridgehead atoms. The normalized spacial score (nSPS) is 13.4. The van der Waals surface area contributed by atoms with E-state index < -0.39 is 41.5 Å². The van der Waals surface area contributed by atoms with Gasteiger partial charge in [0.1, 0.15) is 18.0 Å². The van der Waals surface area contributed by atoms with Crippen LogP contribution < -0.4 is 10.1 Å². The standard InChI is InChI=1S/C26H24N4O9/c1-15(31)23(29-28-20-14-16(25(35)37-2)4-9-19(20)26(36)38-3)24(34)27-17-5-7-18(8-6-17)39-13-12-30-21(32)10-11-22(30)33/h4-11,14,23H,12-13H2,1-3H3,(H,27,34). The number of methoxy groups -OCH3 is 2. The highest BCUT2D eigenvalue weighted by molar-refractivity contribution is 6.13. The summed E-state index contributed by atoms with van der Waals surface area (Å²) in [6.45, 7) is 1.30. The molecular formula is C26H24N4O9. The number of amides is 3. The topological polar surface area (TPSA) is 170 Å². The number of hydrogen-bond acceptors (Lipinski definition) is 11. The number of hydrogen-bond donors (Lipinski definition) is 1. The molecule has 202 valence electrons. The van der Waals surface area contributed by atoms with E-state index in [0.717, 1.165) is 18.9 Å². The lowest BCUT2D eigenvalue weighted by molar-refractivity contribution is -0.137. The first-order valence-corrected chi connectivity index (χ1v) is 11.4. The predicted molar refractivity (Wildman–Crippen MR) is 135 cm³/mol. The molecule has 3 rings (SSSR count). The Morgan fingerprint density at radius 1 is 0.923 bits per heavy atom. The lowest BCUT2D eigenvalue weighted by Crippen LogP contribution is -2.33. The van der Waals surface area contributed by atoms with E-state index >= 15 is 0 Å². The summed E-state index contributed by atoms with van der Waals surface area (Å²) < 4.78 is 14.9. The second kappa shape index (κ2) is 12.9. The van der Waals surface area contributed by atoms with Crippen LogP contribution in [0.2, 0.25) is 0 Å². The molecule has 39 heavy (non-hydrogen) atoms. The van der Waals surface area contributed by atoms with Crippen LogP contribution in [0.3, 0.4) is 0 Å². The van der Waals surface area contributed by atoms with Crippen molar-refractivity contribution < 1.29 is 43.0 Å². The van der Waals surface area contributed by atoms with Crippen molar-refractivity contribution in [1.29, 1.82) is 0 Å². The van der Waals surface area contributed by atoms with Crippen LogP contribution in [0.25, 0.3) is 0 Å². The summed E-state index contributed by atoms with van der Waals surface area (Å²) in [4.78, 5) is 73.1. The highest BCUT2D eigenvalue weighted by Gasteiger charge is 2.25. The van der Waals surface area contributed by atoms with E-state index in [9.17, 15) is 28.8 Å². The van der Waals surface area contributed by atoms with Crippen molar-refractivity contribution in [1.82, 2.24) is 4.90 Å². The van der Waals surface area contributed by atoms with Crippen LogP contribution in [0, 0.1) is 0 Å². The zero-order valence-corrected chi connectivity index (χ0v) is 21.2. The summed E-state index contributed by atoms with van der Waals surface area (Å²) in [5.74, 6) is -3.26. The maximum absolute atomic E-state index is 12.8. The van der Waals surface area contributed by atoms with E-state index in [4.69, 9.17) is 9.47 Å². The number of nitrogens with one attached hydrogen (secondary N) is 1. The second-order valence-corrected chi connectivity index (χ2v) is 7.97. The maximum atomic E-state index is 12.8. The number of anilines is 1. The molecule has 0 saturated heterocycles. The molecule has 0 aromatic heterocycles. The summed E-state index contributed by atoms with van der Waals surface area (Å²) in [6, 6.07) is 8.42. The smallest absolute Gasteiger partial charge is 0.340 e. The molecule has 0 aliphatic carbocycles. The van der Waals surface area contributed by atoms with Gasteiger partial charge in [0.15, 0.2) is 5.78 Å². The number of Topliss-reactive ketones (excluding diaryl/α,β-unsaturated/α-hetero) is 1. The van der Waals surface area contributed by atoms with Crippen molar-refractivity contribution in [2.24, 2.45) is 10.2 Å². The number of carbonyl (C=O) groups excluding carboxylic acids is 6. The van der Waals surface area contributed by atoms with E-state index in [-0.39, 0.29) is 30.0 Å². The monoisotopic (exact) mass is 536 g/mol. The van der Waals surface area contributed by atoms with Gasteiger partial charge in [0.05, 0.1) is 31.9 Å². The zero-order valence-electron chi connectivity index (χ0n) is 21.2. The fourth-order valence-corrected chi connectivity index (χ4v) is 3.33. The molecule has 0 spiro atoms. The van der Waals surface area contributed by atoms with Crippen molar-refractivity contribution in [2.45, 2.75) is 13.0 Å². The highest BCUT2D eigenvalue weighted by Crippen LogP contribution is 2.24. The molecule has 1 atom stereocenters. The molecule has 1 aliphatic rings. The SMILES string of the molecule is COC(=O)c1ccc(C(=O)OC)c(N=NC(C(C)=O)C(=O)Nc2ccc(OCCN3C(=O)C=CC3=O)cc2)c1. The third-order valence-corrected chi connectivity index (χ3v) is 5.34. The van der Waals surface area contributed by atoms with Gasteiger partial charge < -0.3 is 19.5 Å². The molecule has 0 fully saturated rings. The van der Waals surface area contributed by atoms with E-state index in [1.165, 1.54) is 49.6 Å². The number of ether oxygens (including phenoxy) is 3. The fourth-order valence-electron chi connectivity index (χ4n) is 3.33. The lowest BCUT2D eigenvalue weighted by Gasteiger charge is -2.14. The average molecular weight is 536 g/mol. The van der Waals surface area contributed by atoms with Crippen LogP contribution in [0.5, 0.6) is 5.75 Å². The van der Waals surface area contributed by atoms with Crippen LogP contribution in [-0.4, -0.2) is 73.8 Å². The molecular weight excluding hydrogens is 512 g/mol. The van der Waals surface area contributed by atoms with Crippen LogP contribution in [0.1, 0.15) is 27.6 Å². The molecule has 1 unspecified atom stereocenters. The summed E-state index contributed by atoms with van der Waals surface area (Å²) in [7, 11) is 2.34. The van der Waals surface area contributed by atoms with E-state index in [2.05, 4.69) is 20.3 Å². The molecule has 1 N–H and O–H groups in total. The lowest BCUT2D eigenvalue weighted by atomic mass is 10.1. The van der Waals surface area contributed by atoms with Gasteiger partial charge in [0.2, 0.25) is 6.04 Å². The van der Waals surface area contributed by atoms with Gasteiger partial charge in [-0.3, -0.25) is 24.1 Å². The molecule has 13 nitrogen and oxygen atoms in total. The molecule has 1 aliphatic heterocycles. The van der Waals surface area contributed by atoms with Gasteiger partial charge in [0, 0.05) is 17.8 Å². The Morgan fingerprint density at radius 2 is 1.56 bits per heavy atom. The number of azo groups is 1. The molecule has 2 aromatic carbocycles. The highest BCUT2D eigenvalue weighted by atomic mass is 16.5. The Bertz CT molecular complexity index is 1350.